The third kappa shape index (κ3) is 22.9. The van der Waals surface area contributed by atoms with E-state index in [1.165, 1.54) is 14.0 Å². The van der Waals surface area contributed by atoms with Gasteiger partial charge in [-0.3, -0.25) is 9.63 Å². The molecule has 0 bridgehead atoms. The molecule has 0 heterocycles. The number of carbonyl (C=O) groups is 1. The maximum absolute atomic E-state index is 10.2. The molecule has 0 saturated heterocycles. The average Bonchev–Trinajstić information content (AvgIpc) is 2.08. The molecule has 3 nitrogen and oxygen atoms in total. The van der Waals surface area contributed by atoms with Crippen molar-refractivity contribution in [3.63, 3.8) is 0 Å². The number of nitrogens with zero attached hydrogens (tertiary/aromatic N) is 1. The maximum atomic E-state index is 10.2. The Balaban J connectivity index is -0.000000137. The lowest BCUT2D eigenvalue weighted by molar-refractivity contribution is -0.165. The van der Waals surface area contributed by atoms with E-state index < -0.39 is 0 Å². The van der Waals surface area contributed by atoms with Crippen LogP contribution in [0.5, 0.6) is 0 Å². The second-order valence-corrected chi connectivity index (χ2v) is 1.61. The van der Waals surface area contributed by atoms with Gasteiger partial charge in [0.15, 0.2) is 0 Å². The van der Waals surface area contributed by atoms with Crippen molar-refractivity contribution in [1.29, 1.82) is 0 Å². The summed E-state index contributed by atoms with van der Waals surface area (Å²) in [5.74, 6) is -0.0949. The van der Waals surface area contributed by atoms with Crippen LogP contribution in [0.1, 0.15) is 27.7 Å². The fourth-order valence-corrected chi connectivity index (χ4v) is 0.129. The first-order chi connectivity index (χ1) is 5.59. The zero-order valence-electron chi connectivity index (χ0n) is 9.05. The Morgan fingerprint density at radius 3 is 1.75 bits per heavy atom. The fourth-order valence-electron chi connectivity index (χ4n) is 0.129. The molecule has 0 rings (SSSR count). The molecule has 0 aliphatic carbocycles. The first-order valence-corrected chi connectivity index (χ1v) is 3.95. The fraction of sp³-hybridized carbons (Fsp3) is 0.667. The van der Waals surface area contributed by atoms with Crippen molar-refractivity contribution in [2.24, 2.45) is 0 Å². The number of amides is 1. The Morgan fingerprint density at radius 2 is 1.75 bits per heavy atom. The molecular formula is C9H21NO2. The van der Waals surface area contributed by atoms with Gasteiger partial charge in [-0.15, -0.1) is 6.58 Å². The van der Waals surface area contributed by atoms with Gasteiger partial charge in [0.25, 0.3) is 0 Å². The van der Waals surface area contributed by atoms with Gasteiger partial charge in [-0.1, -0.05) is 19.9 Å². The molecule has 0 fully saturated rings. The van der Waals surface area contributed by atoms with Crippen LogP contribution >= 0.6 is 0 Å². The van der Waals surface area contributed by atoms with Gasteiger partial charge in [0.05, 0.1) is 7.11 Å². The summed E-state index contributed by atoms with van der Waals surface area (Å²) in [6.07, 6.45) is 1.75. The predicted octanol–water partition coefficient (Wildman–Crippen LogP) is 2.24. The van der Waals surface area contributed by atoms with E-state index in [2.05, 4.69) is 11.4 Å². The van der Waals surface area contributed by atoms with Gasteiger partial charge in [0.2, 0.25) is 5.91 Å². The van der Waals surface area contributed by atoms with Gasteiger partial charge >= 0.3 is 0 Å². The Bertz CT molecular complexity index is 103. The van der Waals surface area contributed by atoms with E-state index in [0.29, 0.717) is 0 Å². The topological polar surface area (TPSA) is 29.5 Å². The first-order valence-electron chi connectivity index (χ1n) is 3.95. The zero-order chi connectivity index (χ0) is 10.6. The molecule has 0 saturated carbocycles. The van der Waals surface area contributed by atoms with Crippen molar-refractivity contribution in [3.05, 3.63) is 12.7 Å². The van der Waals surface area contributed by atoms with Crippen LogP contribution in [-0.2, 0) is 9.63 Å². The lowest BCUT2D eigenvalue weighted by atomic mass is 10.7. The molecule has 1 amide bonds. The maximum Gasteiger partial charge on any atom is 0.242 e. The normalized spacial score (nSPS) is 6.50. The van der Waals surface area contributed by atoms with Gasteiger partial charge in [0, 0.05) is 14.0 Å². The summed E-state index contributed by atoms with van der Waals surface area (Å²) in [5.41, 5.74) is 0. The molecule has 0 aliphatic rings. The van der Waals surface area contributed by atoms with Crippen LogP contribution in [0, 0.1) is 0 Å². The number of allylic oxidation sites excluding steroid dienone is 1. The molecule has 0 aromatic heterocycles. The van der Waals surface area contributed by atoms with Crippen molar-refractivity contribution in [1.82, 2.24) is 5.06 Å². The van der Waals surface area contributed by atoms with Gasteiger partial charge in [-0.25, -0.2) is 5.06 Å². The molecule has 0 aliphatic heterocycles. The average molecular weight is 175 g/mol. The molecule has 0 aromatic rings. The molecule has 0 spiro atoms. The molecule has 0 radical (unpaired) electrons. The van der Waals surface area contributed by atoms with E-state index in [1.54, 1.807) is 13.1 Å². The van der Waals surface area contributed by atoms with Crippen LogP contribution in [0.15, 0.2) is 12.7 Å². The van der Waals surface area contributed by atoms with Crippen LogP contribution in [0.3, 0.4) is 0 Å². The third-order valence-corrected chi connectivity index (χ3v) is 0.717. The Labute approximate surface area is 76.0 Å². The highest BCUT2D eigenvalue weighted by molar-refractivity contribution is 5.71. The van der Waals surface area contributed by atoms with E-state index in [1.807, 2.05) is 20.8 Å². The quantitative estimate of drug-likeness (QED) is 0.452. The highest BCUT2D eigenvalue weighted by atomic mass is 16.7. The number of hydroxylamine groups is 2. The van der Waals surface area contributed by atoms with E-state index in [9.17, 15) is 4.79 Å². The molecular weight excluding hydrogens is 154 g/mol. The van der Waals surface area contributed by atoms with Gasteiger partial charge in [-0.2, -0.15) is 0 Å². The number of carbonyl (C=O) groups excluding carboxylic acids is 1. The number of hydrogen-bond donors (Lipinski definition) is 0. The van der Waals surface area contributed by atoms with Crippen LogP contribution in [0.25, 0.3) is 0 Å². The minimum absolute atomic E-state index is 0.0949. The lowest BCUT2D eigenvalue weighted by Gasteiger charge is -2.08. The zero-order valence-corrected chi connectivity index (χ0v) is 9.05. The Morgan fingerprint density at radius 1 is 1.50 bits per heavy atom. The molecule has 12 heavy (non-hydrogen) atoms. The van der Waals surface area contributed by atoms with Crippen molar-refractivity contribution < 1.29 is 9.63 Å². The van der Waals surface area contributed by atoms with Crippen LogP contribution < -0.4 is 0 Å². The SMILES string of the molecule is C=CC.CC.CON(C)C(C)=O. The van der Waals surface area contributed by atoms with Crippen molar-refractivity contribution in [2.45, 2.75) is 27.7 Å². The van der Waals surface area contributed by atoms with E-state index in [-0.39, 0.29) is 5.91 Å². The largest absolute Gasteiger partial charge is 0.275 e. The number of rotatable bonds is 1. The van der Waals surface area contributed by atoms with E-state index in [4.69, 9.17) is 0 Å². The van der Waals surface area contributed by atoms with Crippen LogP contribution in [-0.4, -0.2) is 25.1 Å². The highest BCUT2D eigenvalue weighted by Gasteiger charge is 1.94. The molecule has 0 atom stereocenters. The molecule has 0 N–H and O–H groups in total. The summed E-state index contributed by atoms with van der Waals surface area (Å²) in [7, 11) is 3.00. The summed E-state index contributed by atoms with van der Waals surface area (Å²) in [4.78, 5) is 14.7. The predicted molar refractivity (Wildman–Crippen MR) is 52.7 cm³/mol. The van der Waals surface area contributed by atoms with Crippen LogP contribution in [0.4, 0.5) is 0 Å². The third-order valence-electron chi connectivity index (χ3n) is 0.717. The summed E-state index contributed by atoms with van der Waals surface area (Å²) in [6.45, 7) is 10.7. The monoisotopic (exact) mass is 175 g/mol. The smallest absolute Gasteiger partial charge is 0.242 e. The molecule has 0 unspecified atom stereocenters. The molecule has 3 heteroatoms. The second-order valence-electron chi connectivity index (χ2n) is 1.61. The highest BCUT2D eigenvalue weighted by Crippen LogP contribution is 1.78. The molecule has 0 aromatic carbocycles. The Hall–Kier alpha value is -0.830. The van der Waals surface area contributed by atoms with Crippen LogP contribution in [0.2, 0.25) is 0 Å². The lowest BCUT2D eigenvalue weighted by Crippen LogP contribution is -2.21. The Kier molecular flexibility index (Phi) is 24.0. The van der Waals surface area contributed by atoms with Crippen molar-refractivity contribution in [2.75, 3.05) is 14.2 Å². The van der Waals surface area contributed by atoms with Gasteiger partial charge in [-0.05, 0) is 6.92 Å². The minimum atomic E-state index is -0.0949. The van der Waals surface area contributed by atoms with Gasteiger partial charge < -0.3 is 0 Å². The summed E-state index contributed by atoms with van der Waals surface area (Å²) in [6, 6.07) is 0. The first kappa shape index (κ1) is 17.3. The van der Waals surface area contributed by atoms with Crippen molar-refractivity contribution >= 4 is 5.91 Å². The van der Waals surface area contributed by atoms with E-state index in [0.717, 1.165) is 5.06 Å². The standard InChI is InChI=1S/C4H9NO2.C3H6.C2H6/c1-4(6)5(2)7-3;1-3-2;1-2/h1-3H3;3H,1H2,2H3;1-2H3. The van der Waals surface area contributed by atoms with Gasteiger partial charge in [0.1, 0.15) is 0 Å². The van der Waals surface area contributed by atoms with Crippen molar-refractivity contribution in [3.8, 4) is 0 Å². The summed E-state index contributed by atoms with van der Waals surface area (Å²) in [5, 5.41) is 1.15. The number of hydrogen-bond acceptors (Lipinski definition) is 2. The summed E-state index contributed by atoms with van der Waals surface area (Å²) >= 11 is 0. The second kappa shape index (κ2) is 16.6. The minimum Gasteiger partial charge on any atom is -0.275 e. The summed E-state index contributed by atoms with van der Waals surface area (Å²) < 4.78 is 0. The molecule has 74 valence electrons. The van der Waals surface area contributed by atoms with E-state index >= 15 is 0 Å².